The Morgan fingerprint density at radius 2 is 1.95 bits per heavy atom. The average Bonchev–Trinajstić information content (AvgIpc) is 2.85. The van der Waals surface area contributed by atoms with Crippen molar-refractivity contribution in [3.63, 3.8) is 0 Å². The summed E-state index contributed by atoms with van der Waals surface area (Å²) in [5, 5.41) is 12.8. The van der Waals surface area contributed by atoms with Crippen LogP contribution in [0.3, 0.4) is 0 Å². The van der Waals surface area contributed by atoms with E-state index in [2.05, 4.69) is 5.32 Å². The molecule has 0 bridgehead atoms. The minimum Gasteiger partial charge on any atom is -0.459 e. The number of halogens is 1. The van der Waals surface area contributed by atoms with Crippen LogP contribution in [0.25, 0.3) is 0 Å². The molecule has 0 radical (unpaired) electrons. The van der Waals surface area contributed by atoms with Crippen molar-refractivity contribution in [3.8, 4) is 0 Å². The van der Waals surface area contributed by atoms with E-state index in [1.54, 1.807) is 19.9 Å². The van der Waals surface area contributed by atoms with Crippen molar-refractivity contribution in [3.05, 3.63) is 59.3 Å². The number of carbonyl (C=O) groups is 1. The number of hydrogen-bond donors (Lipinski definition) is 2. The minimum atomic E-state index is -0.921. The molecule has 2 N–H and O–H groups in total. The van der Waals surface area contributed by atoms with Gasteiger partial charge in [0.15, 0.2) is 5.76 Å². The number of rotatable bonds is 4. The number of benzene rings is 1. The fourth-order valence-electron chi connectivity index (χ4n) is 1.91. The molecule has 0 saturated heterocycles. The SMILES string of the molecule is Cc1ccoc1C(=O)NC(C)C(O)c1ccc(F)cc1. The molecule has 2 rings (SSSR count). The molecule has 106 valence electrons. The zero-order valence-corrected chi connectivity index (χ0v) is 11.3. The number of carbonyl (C=O) groups excluding carboxylic acids is 1. The van der Waals surface area contributed by atoms with Gasteiger partial charge < -0.3 is 14.8 Å². The van der Waals surface area contributed by atoms with Gasteiger partial charge in [0.25, 0.3) is 5.91 Å². The Balaban J connectivity index is 2.04. The van der Waals surface area contributed by atoms with Gasteiger partial charge in [-0.1, -0.05) is 12.1 Å². The second-order valence-electron chi connectivity index (χ2n) is 4.69. The average molecular weight is 277 g/mol. The number of furan rings is 1. The monoisotopic (exact) mass is 277 g/mol. The topological polar surface area (TPSA) is 62.5 Å². The Labute approximate surface area is 116 Å². The van der Waals surface area contributed by atoms with Crippen molar-refractivity contribution in [1.29, 1.82) is 0 Å². The molecule has 1 heterocycles. The molecule has 0 spiro atoms. The quantitative estimate of drug-likeness (QED) is 0.903. The first kappa shape index (κ1) is 14.3. The van der Waals surface area contributed by atoms with E-state index in [0.29, 0.717) is 5.56 Å². The van der Waals surface area contributed by atoms with Gasteiger partial charge >= 0.3 is 0 Å². The maximum atomic E-state index is 12.8. The smallest absolute Gasteiger partial charge is 0.287 e. The molecule has 20 heavy (non-hydrogen) atoms. The number of aliphatic hydroxyl groups is 1. The molecule has 0 aliphatic rings. The van der Waals surface area contributed by atoms with Gasteiger partial charge in [0, 0.05) is 5.56 Å². The van der Waals surface area contributed by atoms with Gasteiger partial charge in [-0.05, 0) is 37.6 Å². The van der Waals surface area contributed by atoms with E-state index in [9.17, 15) is 14.3 Å². The number of hydrogen-bond acceptors (Lipinski definition) is 3. The summed E-state index contributed by atoms with van der Waals surface area (Å²) in [4.78, 5) is 12.0. The fourth-order valence-corrected chi connectivity index (χ4v) is 1.91. The van der Waals surface area contributed by atoms with Crippen LogP contribution in [0.5, 0.6) is 0 Å². The first-order valence-electron chi connectivity index (χ1n) is 6.27. The first-order chi connectivity index (χ1) is 9.49. The third-order valence-corrected chi connectivity index (χ3v) is 3.11. The van der Waals surface area contributed by atoms with Crippen molar-refractivity contribution in [2.24, 2.45) is 0 Å². The summed E-state index contributed by atoms with van der Waals surface area (Å²) in [6.07, 6.45) is 0.514. The molecule has 4 nitrogen and oxygen atoms in total. The zero-order valence-electron chi connectivity index (χ0n) is 11.3. The lowest BCUT2D eigenvalue weighted by Crippen LogP contribution is -2.37. The van der Waals surface area contributed by atoms with Crippen LogP contribution in [0.4, 0.5) is 4.39 Å². The Kier molecular flexibility index (Phi) is 4.20. The largest absolute Gasteiger partial charge is 0.459 e. The fraction of sp³-hybridized carbons (Fsp3) is 0.267. The summed E-state index contributed by atoms with van der Waals surface area (Å²) in [7, 11) is 0. The maximum Gasteiger partial charge on any atom is 0.287 e. The van der Waals surface area contributed by atoms with Gasteiger partial charge in [-0.3, -0.25) is 4.79 Å². The van der Waals surface area contributed by atoms with E-state index >= 15 is 0 Å². The number of aryl methyl sites for hydroxylation is 1. The molecule has 0 saturated carbocycles. The zero-order chi connectivity index (χ0) is 14.7. The van der Waals surface area contributed by atoms with E-state index in [-0.39, 0.29) is 17.5 Å². The van der Waals surface area contributed by atoms with Crippen LogP contribution in [-0.2, 0) is 0 Å². The molecule has 5 heteroatoms. The number of nitrogens with one attached hydrogen (secondary N) is 1. The molecular formula is C15H16FNO3. The summed E-state index contributed by atoms with van der Waals surface area (Å²) in [6.45, 7) is 3.43. The lowest BCUT2D eigenvalue weighted by molar-refractivity contribution is 0.0825. The standard InChI is InChI=1S/C15H16FNO3/c1-9-7-8-20-14(9)15(19)17-10(2)13(18)11-3-5-12(16)6-4-11/h3-8,10,13,18H,1-2H3,(H,17,19). The van der Waals surface area contributed by atoms with Crippen LogP contribution < -0.4 is 5.32 Å². The van der Waals surface area contributed by atoms with Crippen molar-refractivity contribution in [2.75, 3.05) is 0 Å². The Morgan fingerprint density at radius 3 is 2.50 bits per heavy atom. The van der Waals surface area contributed by atoms with Crippen molar-refractivity contribution >= 4 is 5.91 Å². The van der Waals surface area contributed by atoms with Crippen LogP contribution in [0.2, 0.25) is 0 Å². The summed E-state index contributed by atoms with van der Waals surface area (Å²) in [5.41, 5.74) is 1.27. The third kappa shape index (κ3) is 3.05. The van der Waals surface area contributed by atoms with Crippen molar-refractivity contribution in [1.82, 2.24) is 5.32 Å². The second-order valence-corrected chi connectivity index (χ2v) is 4.69. The lowest BCUT2D eigenvalue weighted by Gasteiger charge is -2.20. The molecule has 2 unspecified atom stereocenters. The van der Waals surface area contributed by atoms with Crippen molar-refractivity contribution < 1.29 is 18.7 Å². The van der Waals surface area contributed by atoms with E-state index in [0.717, 1.165) is 5.56 Å². The van der Waals surface area contributed by atoms with Crippen LogP contribution in [-0.4, -0.2) is 17.1 Å². The van der Waals surface area contributed by atoms with Crippen LogP contribution >= 0.6 is 0 Å². The molecule has 1 amide bonds. The molecule has 0 fully saturated rings. The van der Waals surface area contributed by atoms with E-state index in [4.69, 9.17) is 4.42 Å². The number of amides is 1. The Morgan fingerprint density at radius 1 is 1.30 bits per heavy atom. The summed E-state index contributed by atoms with van der Waals surface area (Å²) < 4.78 is 17.9. The van der Waals surface area contributed by atoms with Crippen molar-refractivity contribution in [2.45, 2.75) is 26.0 Å². The highest BCUT2D eigenvalue weighted by molar-refractivity contribution is 5.93. The predicted octanol–water partition coefficient (Wildman–Crippen LogP) is 2.58. The second kappa shape index (κ2) is 5.88. The van der Waals surface area contributed by atoms with E-state index < -0.39 is 12.1 Å². The van der Waals surface area contributed by atoms with Crippen LogP contribution in [0.15, 0.2) is 41.0 Å². The molecule has 1 aromatic heterocycles. The third-order valence-electron chi connectivity index (χ3n) is 3.11. The molecule has 0 aliphatic heterocycles. The van der Waals surface area contributed by atoms with Gasteiger partial charge in [-0.25, -0.2) is 4.39 Å². The summed E-state index contributed by atoms with van der Waals surface area (Å²) in [6, 6.07) is 6.67. The lowest BCUT2D eigenvalue weighted by atomic mass is 10.0. The van der Waals surface area contributed by atoms with Crippen LogP contribution in [0.1, 0.15) is 34.7 Å². The van der Waals surface area contributed by atoms with Crippen LogP contribution in [0, 0.1) is 12.7 Å². The highest BCUT2D eigenvalue weighted by Gasteiger charge is 2.21. The Hall–Kier alpha value is -2.14. The minimum absolute atomic E-state index is 0.225. The molecule has 2 atom stereocenters. The maximum absolute atomic E-state index is 12.8. The summed E-state index contributed by atoms with van der Waals surface area (Å²) in [5.74, 6) is -0.534. The molecular weight excluding hydrogens is 261 g/mol. The molecule has 0 aliphatic carbocycles. The number of aliphatic hydroxyl groups excluding tert-OH is 1. The van der Waals surface area contributed by atoms with Gasteiger partial charge in [0.1, 0.15) is 5.82 Å². The summed E-state index contributed by atoms with van der Waals surface area (Å²) >= 11 is 0. The highest BCUT2D eigenvalue weighted by Crippen LogP contribution is 2.18. The van der Waals surface area contributed by atoms with E-state index in [1.165, 1.54) is 30.5 Å². The first-order valence-corrected chi connectivity index (χ1v) is 6.27. The molecule has 2 aromatic rings. The molecule has 1 aromatic carbocycles. The van der Waals surface area contributed by atoms with Gasteiger partial charge in [0.05, 0.1) is 18.4 Å². The van der Waals surface area contributed by atoms with Gasteiger partial charge in [-0.2, -0.15) is 0 Å². The highest BCUT2D eigenvalue weighted by atomic mass is 19.1. The van der Waals surface area contributed by atoms with E-state index in [1.807, 2.05) is 0 Å². The Bertz CT molecular complexity index is 591. The van der Waals surface area contributed by atoms with Gasteiger partial charge in [0.2, 0.25) is 0 Å². The van der Waals surface area contributed by atoms with Gasteiger partial charge in [-0.15, -0.1) is 0 Å². The normalized spacial score (nSPS) is 13.8. The predicted molar refractivity (Wildman–Crippen MR) is 71.7 cm³/mol.